The van der Waals surface area contributed by atoms with E-state index in [4.69, 9.17) is 0 Å². The molecule has 1 aliphatic rings. The predicted molar refractivity (Wildman–Crippen MR) is 100 cm³/mol. The highest BCUT2D eigenvalue weighted by atomic mass is 32.1. The summed E-state index contributed by atoms with van der Waals surface area (Å²) in [5, 5.41) is 1.57. The maximum Gasteiger partial charge on any atom is 0.416 e. The molecule has 0 atom stereocenters. The third-order valence-electron chi connectivity index (χ3n) is 4.91. The van der Waals surface area contributed by atoms with E-state index in [1.807, 2.05) is 0 Å². The standard InChI is InChI=1S/C19H15F4N3O2S/c20-14-7-11(19(21,22)23)3-4-12(14)13-9-29-17-16(13)18(28)26(10-24-17)8-15(27)25-5-1-2-6-25/h3-4,7,9-10H,1-2,5-6,8H2. The summed E-state index contributed by atoms with van der Waals surface area (Å²) in [4.78, 5) is 31.4. The van der Waals surface area contributed by atoms with E-state index >= 15 is 0 Å². The van der Waals surface area contributed by atoms with Gasteiger partial charge in [0.2, 0.25) is 5.91 Å². The molecule has 4 rings (SSSR count). The van der Waals surface area contributed by atoms with E-state index in [-0.39, 0.29) is 29.0 Å². The van der Waals surface area contributed by atoms with Gasteiger partial charge >= 0.3 is 6.18 Å². The Balaban J connectivity index is 1.75. The Morgan fingerprint density at radius 3 is 2.55 bits per heavy atom. The highest BCUT2D eigenvalue weighted by molar-refractivity contribution is 7.17. The van der Waals surface area contributed by atoms with Gasteiger partial charge in [0.15, 0.2) is 0 Å². The lowest BCUT2D eigenvalue weighted by Crippen LogP contribution is -2.34. The molecule has 29 heavy (non-hydrogen) atoms. The second-order valence-electron chi connectivity index (χ2n) is 6.79. The van der Waals surface area contributed by atoms with Gasteiger partial charge in [0.25, 0.3) is 5.56 Å². The minimum Gasteiger partial charge on any atom is -0.341 e. The average Bonchev–Trinajstić information content (AvgIpc) is 3.33. The first-order valence-electron chi connectivity index (χ1n) is 8.87. The largest absolute Gasteiger partial charge is 0.416 e. The second-order valence-corrected chi connectivity index (χ2v) is 7.65. The molecular weight excluding hydrogens is 410 g/mol. The van der Waals surface area contributed by atoms with Crippen LogP contribution in [0.5, 0.6) is 0 Å². The maximum absolute atomic E-state index is 14.4. The number of alkyl halides is 3. The summed E-state index contributed by atoms with van der Waals surface area (Å²) >= 11 is 1.09. The molecule has 1 aromatic carbocycles. The van der Waals surface area contributed by atoms with Crippen molar-refractivity contribution in [2.24, 2.45) is 0 Å². The zero-order chi connectivity index (χ0) is 20.8. The highest BCUT2D eigenvalue weighted by Crippen LogP contribution is 2.36. The van der Waals surface area contributed by atoms with Gasteiger partial charge in [-0.1, -0.05) is 6.07 Å². The highest BCUT2D eigenvalue weighted by Gasteiger charge is 2.31. The third kappa shape index (κ3) is 3.64. The van der Waals surface area contributed by atoms with Gasteiger partial charge in [-0.2, -0.15) is 13.2 Å². The molecule has 0 bridgehead atoms. The van der Waals surface area contributed by atoms with Crippen LogP contribution in [0.15, 0.2) is 34.7 Å². The van der Waals surface area contributed by atoms with Crippen molar-refractivity contribution in [3.8, 4) is 11.1 Å². The molecule has 0 N–H and O–H groups in total. The van der Waals surface area contributed by atoms with Crippen molar-refractivity contribution >= 4 is 27.5 Å². The molecule has 1 aliphatic heterocycles. The van der Waals surface area contributed by atoms with Crippen LogP contribution in [-0.2, 0) is 17.5 Å². The van der Waals surface area contributed by atoms with Gasteiger partial charge in [-0.05, 0) is 25.0 Å². The van der Waals surface area contributed by atoms with E-state index < -0.39 is 23.1 Å². The zero-order valence-electron chi connectivity index (χ0n) is 15.0. The molecule has 0 saturated carbocycles. The zero-order valence-corrected chi connectivity index (χ0v) is 15.8. The van der Waals surface area contributed by atoms with Crippen molar-refractivity contribution in [2.45, 2.75) is 25.6 Å². The Kier molecular flexibility index (Phi) is 4.89. The first-order valence-corrected chi connectivity index (χ1v) is 9.75. The number of amides is 1. The third-order valence-corrected chi connectivity index (χ3v) is 5.80. The number of hydrogen-bond acceptors (Lipinski definition) is 4. The summed E-state index contributed by atoms with van der Waals surface area (Å²) in [5.74, 6) is -1.29. The normalized spacial score (nSPS) is 14.7. The van der Waals surface area contributed by atoms with Crippen LogP contribution in [0, 0.1) is 5.82 Å². The minimum absolute atomic E-state index is 0.0883. The molecular formula is C19H15F4N3O2S. The van der Waals surface area contributed by atoms with Crippen LogP contribution in [0.2, 0.25) is 0 Å². The minimum atomic E-state index is -4.67. The number of nitrogens with zero attached hydrogens (tertiary/aromatic N) is 3. The van der Waals surface area contributed by atoms with Crippen LogP contribution in [0.25, 0.3) is 21.3 Å². The van der Waals surface area contributed by atoms with Gasteiger partial charge in [0.05, 0.1) is 17.3 Å². The van der Waals surface area contributed by atoms with Crippen LogP contribution in [-0.4, -0.2) is 33.4 Å². The van der Waals surface area contributed by atoms with E-state index in [1.54, 1.807) is 4.90 Å². The molecule has 10 heteroatoms. The molecule has 3 aromatic rings. The molecule has 3 heterocycles. The van der Waals surface area contributed by atoms with Gasteiger partial charge in [-0.15, -0.1) is 11.3 Å². The number of aromatic nitrogens is 2. The molecule has 5 nitrogen and oxygen atoms in total. The number of rotatable bonds is 3. The SMILES string of the molecule is O=C(Cn1cnc2scc(-c3ccc(C(F)(F)F)cc3F)c2c1=O)N1CCCC1. The molecule has 1 saturated heterocycles. The molecule has 0 aliphatic carbocycles. The molecule has 0 spiro atoms. The van der Waals surface area contributed by atoms with Crippen LogP contribution in [0.3, 0.4) is 0 Å². The van der Waals surface area contributed by atoms with Crippen molar-refractivity contribution < 1.29 is 22.4 Å². The predicted octanol–water partition coefficient (Wildman–Crippen LogP) is 3.91. The van der Waals surface area contributed by atoms with Gasteiger partial charge in [0.1, 0.15) is 17.2 Å². The quantitative estimate of drug-likeness (QED) is 0.598. The number of benzene rings is 1. The smallest absolute Gasteiger partial charge is 0.341 e. The van der Waals surface area contributed by atoms with E-state index in [2.05, 4.69) is 4.98 Å². The van der Waals surface area contributed by atoms with Crippen molar-refractivity contribution in [3.05, 3.63) is 51.6 Å². The molecule has 152 valence electrons. The Hall–Kier alpha value is -2.75. The molecule has 0 radical (unpaired) electrons. The summed E-state index contributed by atoms with van der Waals surface area (Å²) < 4.78 is 54.0. The Morgan fingerprint density at radius 2 is 1.90 bits per heavy atom. The van der Waals surface area contributed by atoms with Crippen molar-refractivity contribution in [3.63, 3.8) is 0 Å². The number of carbonyl (C=O) groups excluding carboxylic acids is 1. The van der Waals surface area contributed by atoms with Crippen molar-refractivity contribution in [1.29, 1.82) is 0 Å². The van der Waals surface area contributed by atoms with Crippen molar-refractivity contribution in [2.75, 3.05) is 13.1 Å². The van der Waals surface area contributed by atoms with E-state index in [9.17, 15) is 27.2 Å². The number of carbonyl (C=O) groups is 1. The lowest BCUT2D eigenvalue weighted by atomic mass is 10.0. The average molecular weight is 425 g/mol. The number of hydrogen-bond donors (Lipinski definition) is 0. The maximum atomic E-state index is 14.4. The van der Waals surface area contributed by atoms with Crippen LogP contribution in [0.1, 0.15) is 18.4 Å². The van der Waals surface area contributed by atoms with Gasteiger partial charge < -0.3 is 4.90 Å². The number of thiophene rings is 1. The fourth-order valence-corrected chi connectivity index (χ4v) is 4.30. The van der Waals surface area contributed by atoms with Crippen LogP contribution in [0.4, 0.5) is 17.6 Å². The summed E-state index contributed by atoms with van der Waals surface area (Å²) in [5.41, 5.74) is -1.59. The van der Waals surface area contributed by atoms with Gasteiger partial charge in [-0.3, -0.25) is 14.2 Å². The Labute approximate surface area is 166 Å². The lowest BCUT2D eigenvalue weighted by Gasteiger charge is -2.15. The molecule has 2 aromatic heterocycles. The van der Waals surface area contributed by atoms with Crippen molar-refractivity contribution in [1.82, 2.24) is 14.5 Å². The van der Waals surface area contributed by atoms with E-state index in [0.29, 0.717) is 24.0 Å². The van der Waals surface area contributed by atoms with Crippen LogP contribution < -0.4 is 5.56 Å². The summed E-state index contributed by atoms with van der Waals surface area (Å²) in [6, 6.07) is 2.18. The fourth-order valence-electron chi connectivity index (χ4n) is 3.40. The van der Waals surface area contributed by atoms with Gasteiger partial charge in [0, 0.05) is 29.6 Å². The Bertz CT molecular complexity index is 1150. The monoisotopic (exact) mass is 425 g/mol. The number of fused-ring (bicyclic) bond motifs is 1. The fraction of sp³-hybridized carbons (Fsp3) is 0.316. The van der Waals surface area contributed by atoms with Gasteiger partial charge in [-0.25, -0.2) is 9.37 Å². The van der Waals surface area contributed by atoms with E-state index in [0.717, 1.165) is 40.9 Å². The van der Waals surface area contributed by atoms with Crippen LogP contribution >= 0.6 is 11.3 Å². The summed E-state index contributed by atoms with van der Waals surface area (Å²) in [7, 11) is 0. The first kappa shape index (κ1) is 19.6. The number of likely N-dealkylation sites (tertiary alicyclic amines) is 1. The summed E-state index contributed by atoms with van der Waals surface area (Å²) in [6.07, 6.45) is -1.57. The number of halogens is 4. The topological polar surface area (TPSA) is 55.2 Å². The second kappa shape index (κ2) is 7.25. The lowest BCUT2D eigenvalue weighted by molar-refractivity contribution is -0.137. The molecule has 1 fully saturated rings. The first-order chi connectivity index (χ1) is 13.8. The molecule has 0 unspecified atom stereocenters. The Morgan fingerprint density at radius 1 is 1.17 bits per heavy atom. The molecule has 1 amide bonds. The van der Waals surface area contributed by atoms with E-state index in [1.165, 1.54) is 11.7 Å². The summed E-state index contributed by atoms with van der Waals surface area (Å²) in [6.45, 7) is 1.10.